The molecular weight excluding hydrogens is 277 g/mol. The fraction of sp³-hybridized carbons (Fsp3) is 0.278. The van der Waals surface area contributed by atoms with Gasteiger partial charge in [-0.25, -0.2) is 4.39 Å². The van der Waals surface area contributed by atoms with E-state index in [2.05, 4.69) is 15.9 Å². The zero-order valence-electron chi connectivity index (χ0n) is 12.4. The molecule has 1 saturated heterocycles. The lowest BCUT2D eigenvalue weighted by Crippen LogP contribution is -2.46. The van der Waals surface area contributed by atoms with E-state index in [0.29, 0.717) is 0 Å². The van der Waals surface area contributed by atoms with E-state index in [-0.39, 0.29) is 5.82 Å². The zero-order chi connectivity index (χ0) is 15.4. The quantitative estimate of drug-likeness (QED) is 0.872. The summed E-state index contributed by atoms with van der Waals surface area (Å²) in [5.74, 6) is -0.193. The molecule has 3 rings (SSSR count). The average molecular weight is 295 g/mol. The number of piperazine rings is 1. The molecule has 1 fully saturated rings. The highest BCUT2D eigenvalue weighted by molar-refractivity contribution is 5.59. The summed E-state index contributed by atoms with van der Waals surface area (Å²) in [6, 6.07) is 16.7. The molecule has 0 atom stereocenters. The van der Waals surface area contributed by atoms with E-state index in [0.717, 1.165) is 49.5 Å². The maximum atomic E-state index is 12.9. The molecule has 0 N–H and O–H groups in total. The summed E-state index contributed by atoms with van der Waals surface area (Å²) in [6.07, 6.45) is 0. The maximum Gasteiger partial charge on any atom is 0.123 e. The normalized spacial score (nSPS) is 15.5. The molecule has 1 aliphatic heterocycles. The SMILES string of the molecule is N#Cc1ccccc1N1CCN(Cc2ccc(F)cc2)CC1. The molecule has 0 spiro atoms. The van der Waals surface area contributed by atoms with Crippen molar-refractivity contribution in [1.82, 2.24) is 4.90 Å². The summed E-state index contributed by atoms with van der Waals surface area (Å²) in [7, 11) is 0. The Morgan fingerprint density at radius 2 is 1.64 bits per heavy atom. The third-order valence-corrected chi connectivity index (χ3v) is 4.06. The van der Waals surface area contributed by atoms with Crippen LogP contribution in [0.2, 0.25) is 0 Å². The molecule has 2 aromatic rings. The van der Waals surface area contributed by atoms with Gasteiger partial charge in [0.1, 0.15) is 11.9 Å². The van der Waals surface area contributed by atoms with Crippen molar-refractivity contribution in [2.45, 2.75) is 6.54 Å². The number of para-hydroxylation sites is 1. The van der Waals surface area contributed by atoms with Crippen molar-refractivity contribution >= 4 is 5.69 Å². The predicted octanol–water partition coefficient (Wildman–Crippen LogP) is 3.02. The molecule has 22 heavy (non-hydrogen) atoms. The van der Waals surface area contributed by atoms with Crippen LogP contribution in [0.1, 0.15) is 11.1 Å². The lowest BCUT2D eigenvalue weighted by atomic mass is 10.1. The number of halogens is 1. The lowest BCUT2D eigenvalue weighted by Gasteiger charge is -2.36. The van der Waals surface area contributed by atoms with Gasteiger partial charge in [-0.15, -0.1) is 0 Å². The van der Waals surface area contributed by atoms with E-state index in [1.165, 1.54) is 12.1 Å². The van der Waals surface area contributed by atoms with E-state index in [9.17, 15) is 9.65 Å². The van der Waals surface area contributed by atoms with Crippen molar-refractivity contribution in [1.29, 1.82) is 5.26 Å². The van der Waals surface area contributed by atoms with Gasteiger partial charge in [-0.3, -0.25) is 4.90 Å². The highest BCUT2D eigenvalue weighted by atomic mass is 19.1. The third kappa shape index (κ3) is 3.26. The van der Waals surface area contributed by atoms with Crippen molar-refractivity contribution in [3.63, 3.8) is 0 Å². The number of hydrogen-bond donors (Lipinski definition) is 0. The minimum absolute atomic E-state index is 0.193. The lowest BCUT2D eigenvalue weighted by molar-refractivity contribution is 0.250. The molecule has 0 amide bonds. The van der Waals surface area contributed by atoms with Gasteiger partial charge in [-0.1, -0.05) is 24.3 Å². The number of hydrogen-bond acceptors (Lipinski definition) is 3. The zero-order valence-corrected chi connectivity index (χ0v) is 12.4. The van der Waals surface area contributed by atoms with Gasteiger partial charge in [0.25, 0.3) is 0 Å². The van der Waals surface area contributed by atoms with E-state index >= 15 is 0 Å². The highest BCUT2D eigenvalue weighted by Gasteiger charge is 2.19. The molecule has 0 radical (unpaired) electrons. The summed E-state index contributed by atoms with van der Waals surface area (Å²) in [4.78, 5) is 4.62. The fourth-order valence-electron chi connectivity index (χ4n) is 2.84. The number of nitriles is 1. The summed E-state index contributed by atoms with van der Waals surface area (Å²) in [5, 5.41) is 9.20. The topological polar surface area (TPSA) is 30.3 Å². The van der Waals surface area contributed by atoms with Crippen LogP contribution in [0.4, 0.5) is 10.1 Å². The van der Waals surface area contributed by atoms with Crippen molar-refractivity contribution in [3.05, 3.63) is 65.5 Å². The number of nitrogens with zero attached hydrogens (tertiary/aromatic N) is 3. The second-order valence-corrected chi connectivity index (χ2v) is 5.52. The van der Waals surface area contributed by atoms with Gasteiger partial charge in [-0.2, -0.15) is 5.26 Å². The molecule has 0 unspecified atom stereocenters. The van der Waals surface area contributed by atoms with Crippen molar-refractivity contribution < 1.29 is 4.39 Å². The second-order valence-electron chi connectivity index (χ2n) is 5.52. The average Bonchev–Trinajstić information content (AvgIpc) is 2.58. The van der Waals surface area contributed by atoms with Crippen LogP contribution in [-0.4, -0.2) is 31.1 Å². The van der Waals surface area contributed by atoms with Crippen LogP contribution in [0.5, 0.6) is 0 Å². The summed E-state index contributed by atoms with van der Waals surface area (Å²) in [6.45, 7) is 4.53. The Morgan fingerprint density at radius 1 is 0.955 bits per heavy atom. The van der Waals surface area contributed by atoms with Gasteiger partial charge in [0.05, 0.1) is 11.3 Å². The van der Waals surface area contributed by atoms with Crippen LogP contribution in [0, 0.1) is 17.1 Å². The minimum Gasteiger partial charge on any atom is -0.368 e. The first kappa shape index (κ1) is 14.6. The molecule has 1 aliphatic rings. The largest absolute Gasteiger partial charge is 0.368 e. The molecule has 3 nitrogen and oxygen atoms in total. The predicted molar refractivity (Wildman–Crippen MR) is 85.0 cm³/mol. The van der Waals surface area contributed by atoms with Gasteiger partial charge >= 0.3 is 0 Å². The Labute approximate surface area is 130 Å². The van der Waals surface area contributed by atoms with Gasteiger partial charge in [0.15, 0.2) is 0 Å². The van der Waals surface area contributed by atoms with Gasteiger partial charge in [-0.05, 0) is 29.8 Å². The van der Waals surface area contributed by atoms with E-state index in [1.54, 1.807) is 0 Å². The number of rotatable bonds is 3. The highest BCUT2D eigenvalue weighted by Crippen LogP contribution is 2.21. The third-order valence-electron chi connectivity index (χ3n) is 4.06. The van der Waals surface area contributed by atoms with Crippen LogP contribution in [-0.2, 0) is 6.54 Å². The molecular formula is C18H18FN3. The molecule has 112 valence electrons. The number of benzene rings is 2. The first-order chi connectivity index (χ1) is 10.8. The second kappa shape index (κ2) is 6.59. The first-order valence-corrected chi connectivity index (χ1v) is 7.47. The van der Waals surface area contributed by atoms with Crippen LogP contribution in [0.3, 0.4) is 0 Å². The monoisotopic (exact) mass is 295 g/mol. The van der Waals surface area contributed by atoms with Crippen molar-refractivity contribution in [2.75, 3.05) is 31.1 Å². The Morgan fingerprint density at radius 3 is 2.32 bits per heavy atom. The summed E-state index contributed by atoms with van der Waals surface area (Å²) in [5.41, 5.74) is 2.88. The Bertz CT molecular complexity index is 667. The van der Waals surface area contributed by atoms with Crippen LogP contribution in [0.25, 0.3) is 0 Å². The molecule has 0 aromatic heterocycles. The Kier molecular flexibility index (Phi) is 4.36. The molecule has 2 aromatic carbocycles. The van der Waals surface area contributed by atoms with E-state index < -0.39 is 0 Å². The molecule has 4 heteroatoms. The molecule has 0 saturated carbocycles. The molecule has 0 bridgehead atoms. The standard InChI is InChI=1S/C18H18FN3/c19-17-7-5-15(6-8-17)14-21-9-11-22(12-10-21)18-4-2-1-3-16(18)13-20/h1-8H,9-12,14H2. The van der Waals surface area contributed by atoms with Crippen molar-refractivity contribution in [2.24, 2.45) is 0 Å². The summed E-state index contributed by atoms with van der Waals surface area (Å²) < 4.78 is 12.9. The van der Waals surface area contributed by atoms with Crippen LogP contribution < -0.4 is 4.90 Å². The van der Waals surface area contributed by atoms with Crippen LogP contribution >= 0.6 is 0 Å². The van der Waals surface area contributed by atoms with Crippen LogP contribution in [0.15, 0.2) is 48.5 Å². The Hall–Kier alpha value is -2.38. The minimum atomic E-state index is -0.193. The van der Waals surface area contributed by atoms with Gasteiger partial charge < -0.3 is 4.90 Å². The Balaban J connectivity index is 1.61. The van der Waals surface area contributed by atoms with E-state index in [4.69, 9.17) is 0 Å². The molecule has 0 aliphatic carbocycles. The van der Waals surface area contributed by atoms with E-state index in [1.807, 2.05) is 36.4 Å². The maximum absolute atomic E-state index is 12.9. The smallest absolute Gasteiger partial charge is 0.123 e. The first-order valence-electron chi connectivity index (χ1n) is 7.47. The van der Waals surface area contributed by atoms with Gasteiger partial charge in [0, 0.05) is 32.7 Å². The van der Waals surface area contributed by atoms with Crippen molar-refractivity contribution in [3.8, 4) is 6.07 Å². The molecule has 1 heterocycles. The fourth-order valence-corrected chi connectivity index (χ4v) is 2.84. The number of anilines is 1. The van der Waals surface area contributed by atoms with Gasteiger partial charge in [0.2, 0.25) is 0 Å². The summed E-state index contributed by atoms with van der Waals surface area (Å²) >= 11 is 0.